The highest BCUT2D eigenvalue weighted by Crippen LogP contribution is 2.39. The van der Waals surface area contributed by atoms with Crippen LogP contribution in [0.3, 0.4) is 0 Å². The predicted octanol–water partition coefficient (Wildman–Crippen LogP) is 2.66. The van der Waals surface area contributed by atoms with Gasteiger partial charge in [-0.05, 0) is 24.8 Å². The van der Waals surface area contributed by atoms with Crippen LogP contribution in [-0.2, 0) is 0 Å². The van der Waals surface area contributed by atoms with Crippen molar-refractivity contribution >= 4 is 17.2 Å². The van der Waals surface area contributed by atoms with Crippen LogP contribution in [0.1, 0.15) is 34.9 Å². The van der Waals surface area contributed by atoms with Crippen molar-refractivity contribution in [2.45, 2.75) is 25.0 Å². The summed E-state index contributed by atoms with van der Waals surface area (Å²) in [7, 11) is 0. The van der Waals surface area contributed by atoms with Gasteiger partial charge >= 0.3 is 0 Å². The summed E-state index contributed by atoms with van der Waals surface area (Å²) < 4.78 is 27.1. The average molecular weight is 324 g/mol. The van der Waals surface area contributed by atoms with Crippen LogP contribution in [0, 0.1) is 17.6 Å². The number of aromatic nitrogens is 1. The number of amides is 1. The van der Waals surface area contributed by atoms with Crippen molar-refractivity contribution < 1.29 is 18.7 Å². The Balaban J connectivity index is 1.85. The van der Waals surface area contributed by atoms with Gasteiger partial charge in [-0.15, -0.1) is 11.3 Å². The van der Waals surface area contributed by atoms with Gasteiger partial charge in [0.25, 0.3) is 5.91 Å². The number of hydrogen-bond acceptors (Lipinski definition) is 4. The van der Waals surface area contributed by atoms with E-state index in [1.807, 2.05) is 0 Å². The normalized spacial score (nSPS) is 22.0. The van der Waals surface area contributed by atoms with Crippen molar-refractivity contribution in [3.05, 3.63) is 52.0 Å². The third kappa shape index (κ3) is 3.00. The number of rotatable bonds is 4. The maximum Gasteiger partial charge on any atom is 0.271 e. The standard InChI is InChI=1S/C15H14F2N2O2S/c16-9-1-2-11(12(17)5-9)14(8-3-10(20)4-8)19-15(21)13-6-22-7-18-13/h1-2,5-8,10,14,20H,3-4H2,(H,19,21). The molecule has 1 heterocycles. The van der Waals surface area contributed by atoms with E-state index in [4.69, 9.17) is 0 Å². The molecule has 1 aliphatic rings. The van der Waals surface area contributed by atoms with E-state index in [-0.39, 0.29) is 17.2 Å². The highest BCUT2D eigenvalue weighted by molar-refractivity contribution is 7.07. The van der Waals surface area contributed by atoms with E-state index in [9.17, 15) is 18.7 Å². The molecule has 0 bridgehead atoms. The second-order valence-electron chi connectivity index (χ2n) is 5.38. The van der Waals surface area contributed by atoms with Crippen molar-refractivity contribution in [3.8, 4) is 0 Å². The molecule has 0 spiro atoms. The number of benzene rings is 1. The Morgan fingerprint density at radius 2 is 2.18 bits per heavy atom. The van der Waals surface area contributed by atoms with Crippen LogP contribution >= 0.6 is 11.3 Å². The summed E-state index contributed by atoms with van der Waals surface area (Å²) in [5, 5.41) is 13.8. The molecule has 2 aromatic rings. The Hall–Kier alpha value is -1.86. The number of thiazole rings is 1. The van der Waals surface area contributed by atoms with Gasteiger partial charge in [-0.25, -0.2) is 13.8 Å². The number of nitrogens with one attached hydrogen (secondary N) is 1. The summed E-state index contributed by atoms with van der Waals surface area (Å²) in [5.74, 6) is -1.86. The minimum atomic E-state index is -0.704. The number of carbonyl (C=O) groups is 1. The first-order valence-electron chi connectivity index (χ1n) is 6.86. The molecule has 0 radical (unpaired) electrons. The van der Waals surface area contributed by atoms with Crippen molar-refractivity contribution in [2.24, 2.45) is 5.92 Å². The first-order chi connectivity index (χ1) is 10.5. The summed E-state index contributed by atoms with van der Waals surface area (Å²) >= 11 is 1.29. The summed E-state index contributed by atoms with van der Waals surface area (Å²) in [6.07, 6.45) is 0.504. The van der Waals surface area contributed by atoms with Gasteiger partial charge in [0.05, 0.1) is 17.7 Å². The molecular formula is C15H14F2N2O2S. The largest absolute Gasteiger partial charge is 0.393 e. The number of nitrogens with zero attached hydrogens (tertiary/aromatic N) is 1. The molecule has 0 saturated heterocycles. The fraction of sp³-hybridized carbons (Fsp3) is 0.333. The maximum atomic E-state index is 14.0. The number of carbonyl (C=O) groups excluding carboxylic acids is 1. The number of halogens is 2. The molecule has 1 aliphatic carbocycles. The second-order valence-corrected chi connectivity index (χ2v) is 6.09. The summed E-state index contributed by atoms with van der Waals surface area (Å²) in [4.78, 5) is 16.1. The Labute approximate surface area is 129 Å². The van der Waals surface area contributed by atoms with E-state index >= 15 is 0 Å². The molecule has 4 nitrogen and oxygen atoms in total. The quantitative estimate of drug-likeness (QED) is 0.909. The van der Waals surface area contributed by atoms with Gasteiger partial charge in [0, 0.05) is 17.0 Å². The zero-order valence-corrected chi connectivity index (χ0v) is 12.3. The average Bonchev–Trinajstić information content (AvgIpc) is 2.96. The fourth-order valence-corrected chi connectivity index (χ4v) is 3.18. The Kier molecular flexibility index (Phi) is 4.17. The first kappa shape index (κ1) is 15.1. The molecule has 0 aliphatic heterocycles. The zero-order chi connectivity index (χ0) is 15.7. The molecule has 22 heavy (non-hydrogen) atoms. The lowest BCUT2D eigenvalue weighted by Gasteiger charge is -2.38. The van der Waals surface area contributed by atoms with Gasteiger partial charge in [-0.2, -0.15) is 0 Å². The number of hydrogen-bond donors (Lipinski definition) is 2. The van der Waals surface area contributed by atoms with Gasteiger partial charge in [0.1, 0.15) is 17.3 Å². The van der Waals surface area contributed by atoms with Crippen LogP contribution in [0.15, 0.2) is 29.1 Å². The third-order valence-corrected chi connectivity index (χ3v) is 4.46. The van der Waals surface area contributed by atoms with E-state index in [1.165, 1.54) is 22.9 Å². The van der Waals surface area contributed by atoms with Gasteiger partial charge in [0.15, 0.2) is 0 Å². The van der Waals surface area contributed by atoms with Gasteiger partial charge in [-0.3, -0.25) is 4.79 Å². The highest BCUT2D eigenvalue weighted by atomic mass is 32.1. The van der Waals surface area contributed by atoms with E-state index in [1.54, 1.807) is 5.38 Å². The van der Waals surface area contributed by atoms with E-state index in [2.05, 4.69) is 10.3 Å². The van der Waals surface area contributed by atoms with Crippen molar-refractivity contribution in [1.29, 1.82) is 0 Å². The van der Waals surface area contributed by atoms with E-state index in [0.29, 0.717) is 12.8 Å². The monoisotopic (exact) mass is 324 g/mol. The molecule has 1 unspecified atom stereocenters. The lowest BCUT2D eigenvalue weighted by molar-refractivity contribution is 0.0228. The van der Waals surface area contributed by atoms with Crippen LogP contribution in [-0.4, -0.2) is 22.1 Å². The minimum absolute atomic E-state index is 0.0856. The van der Waals surface area contributed by atoms with Crippen LogP contribution in [0.5, 0.6) is 0 Å². The topological polar surface area (TPSA) is 62.2 Å². The Morgan fingerprint density at radius 1 is 1.41 bits per heavy atom. The maximum absolute atomic E-state index is 14.0. The molecule has 1 atom stereocenters. The highest BCUT2D eigenvalue weighted by Gasteiger charge is 2.37. The summed E-state index contributed by atoms with van der Waals surface area (Å²) in [6.45, 7) is 0. The summed E-state index contributed by atoms with van der Waals surface area (Å²) in [5.41, 5.74) is 2.02. The molecular weight excluding hydrogens is 310 g/mol. The lowest BCUT2D eigenvalue weighted by Crippen LogP contribution is -2.41. The van der Waals surface area contributed by atoms with Crippen LogP contribution < -0.4 is 5.32 Å². The fourth-order valence-electron chi connectivity index (χ4n) is 2.65. The number of aliphatic hydroxyl groups excluding tert-OH is 1. The van der Waals surface area contributed by atoms with Crippen molar-refractivity contribution in [2.75, 3.05) is 0 Å². The third-order valence-electron chi connectivity index (χ3n) is 3.87. The van der Waals surface area contributed by atoms with Crippen molar-refractivity contribution in [3.63, 3.8) is 0 Å². The molecule has 1 amide bonds. The molecule has 3 rings (SSSR count). The molecule has 116 valence electrons. The van der Waals surface area contributed by atoms with Crippen LogP contribution in [0.25, 0.3) is 0 Å². The smallest absolute Gasteiger partial charge is 0.271 e. The minimum Gasteiger partial charge on any atom is -0.393 e. The van der Waals surface area contributed by atoms with Gasteiger partial charge in [0.2, 0.25) is 0 Å². The van der Waals surface area contributed by atoms with Gasteiger partial charge in [-0.1, -0.05) is 6.07 Å². The Morgan fingerprint density at radius 3 is 2.77 bits per heavy atom. The molecule has 1 saturated carbocycles. The van der Waals surface area contributed by atoms with Crippen molar-refractivity contribution in [1.82, 2.24) is 10.3 Å². The molecule has 1 fully saturated rings. The zero-order valence-electron chi connectivity index (χ0n) is 11.5. The second kappa shape index (κ2) is 6.10. The SMILES string of the molecule is O=C(NC(c1ccc(F)cc1F)C1CC(O)C1)c1cscn1. The van der Waals surface area contributed by atoms with Crippen LogP contribution in [0.2, 0.25) is 0 Å². The lowest BCUT2D eigenvalue weighted by atomic mass is 9.75. The first-order valence-corrected chi connectivity index (χ1v) is 7.81. The molecule has 7 heteroatoms. The van der Waals surface area contributed by atoms with E-state index < -0.39 is 29.7 Å². The molecule has 1 aromatic carbocycles. The number of aliphatic hydroxyl groups is 1. The van der Waals surface area contributed by atoms with E-state index in [0.717, 1.165) is 12.1 Å². The molecule has 1 aromatic heterocycles. The van der Waals surface area contributed by atoms with Crippen LogP contribution in [0.4, 0.5) is 8.78 Å². The predicted molar refractivity (Wildman–Crippen MR) is 77.4 cm³/mol. The molecule has 2 N–H and O–H groups in total. The Bertz CT molecular complexity index is 672. The van der Waals surface area contributed by atoms with Gasteiger partial charge < -0.3 is 10.4 Å². The summed E-state index contributed by atoms with van der Waals surface area (Å²) in [6, 6.07) is 2.68.